The van der Waals surface area contributed by atoms with Crippen LogP contribution in [0.15, 0.2) is 53.6 Å². The number of hydrazone groups is 1. The van der Waals surface area contributed by atoms with Crippen molar-refractivity contribution in [2.75, 3.05) is 5.43 Å². The molecule has 0 heterocycles. The number of anilines is 1. The lowest BCUT2D eigenvalue weighted by Gasteiger charge is -2.32. The summed E-state index contributed by atoms with van der Waals surface area (Å²) >= 11 is 0. The number of rotatable bonds is 8. The lowest BCUT2D eigenvalue weighted by molar-refractivity contribution is -0.393. The molecule has 0 fully saturated rings. The van der Waals surface area contributed by atoms with Crippen LogP contribution in [0.5, 0.6) is 0 Å². The lowest BCUT2D eigenvalue weighted by Crippen LogP contribution is -2.58. The summed E-state index contributed by atoms with van der Waals surface area (Å²) in [6, 6.07) is 9.40. The summed E-state index contributed by atoms with van der Waals surface area (Å²) in [5.74, 6) is 0. The third kappa shape index (κ3) is 5.94. The molecule has 0 spiro atoms. The predicted molar refractivity (Wildman–Crippen MR) is 103 cm³/mol. The third-order valence-corrected chi connectivity index (χ3v) is 4.37. The summed E-state index contributed by atoms with van der Waals surface area (Å²) in [6.07, 6.45) is -14.8. The van der Waals surface area contributed by atoms with Gasteiger partial charge in [-0.3, -0.25) is 25.7 Å². The van der Waals surface area contributed by atoms with Crippen LogP contribution in [0.4, 0.5) is 43.4 Å². The summed E-state index contributed by atoms with van der Waals surface area (Å²) in [7, 11) is 0. The lowest BCUT2D eigenvalue weighted by atomic mass is 9.92. The van der Waals surface area contributed by atoms with E-state index in [9.17, 15) is 51.7 Å². The highest BCUT2D eigenvalue weighted by Crippen LogP contribution is 2.45. The first-order valence-corrected chi connectivity index (χ1v) is 8.80. The largest absolute Gasteiger partial charge is 0.426 e. The zero-order chi connectivity index (χ0) is 25.0. The van der Waals surface area contributed by atoms with Crippen molar-refractivity contribution < 1.29 is 41.3 Å². The molecule has 2 rings (SSSR count). The van der Waals surface area contributed by atoms with Crippen molar-refractivity contribution in [3.8, 4) is 0 Å². The van der Waals surface area contributed by atoms with E-state index in [-0.39, 0.29) is 5.56 Å². The summed E-state index contributed by atoms with van der Waals surface area (Å²) < 4.78 is 78.9. The molecule has 0 bridgehead atoms. The zero-order valence-corrected chi connectivity index (χ0v) is 16.2. The molecule has 0 aliphatic heterocycles. The van der Waals surface area contributed by atoms with Gasteiger partial charge in [-0.2, -0.15) is 31.4 Å². The average Bonchev–Trinajstić information content (AvgIpc) is 2.70. The Hall–Kier alpha value is -3.75. The van der Waals surface area contributed by atoms with Crippen LogP contribution in [-0.4, -0.2) is 38.6 Å². The van der Waals surface area contributed by atoms with E-state index in [2.05, 4.69) is 5.10 Å². The van der Waals surface area contributed by atoms with Gasteiger partial charge in [0, 0.05) is 24.6 Å². The second-order valence-electron chi connectivity index (χ2n) is 6.70. The van der Waals surface area contributed by atoms with E-state index < -0.39 is 63.4 Å². The Morgan fingerprint density at radius 1 is 0.939 bits per heavy atom. The molecule has 2 aromatic carbocycles. The highest BCUT2D eigenvalue weighted by Gasteiger charge is 2.70. The van der Waals surface area contributed by atoms with Crippen molar-refractivity contribution in [1.82, 2.24) is 0 Å². The van der Waals surface area contributed by atoms with E-state index in [1.165, 1.54) is 24.3 Å². The molecule has 33 heavy (non-hydrogen) atoms. The topological polar surface area (TPSA) is 131 Å². The average molecular weight is 480 g/mol. The summed E-state index contributed by atoms with van der Waals surface area (Å²) in [6.45, 7) is 0. The van der Waals surface area contributed by atoms with Gasteiger partial charge in [-0.1, -0.05) is 30.3 Å². The first-order chi connectivity index (χ1) is 15.2. The normalized spacial score (nSPS) is 13.0. The Labute approximate surface area is 180 Å². The first kappa shape index (κ1) is 25.5. The maximum atomic E-state index is 13.2. The second-order valence-corrected chi connectivity index (χ2v) is 6.70. The van der Waals surface area contributed by atoms with Gasteiger partial charge in [0.2, 0.25) is 0 Å². The number of nitro groups is 2. The molecule has 0 aliphatic rings. The van der Waals surface area contributed by atoms with Crippen LogP contribution in [0.2, 0.25) is 0 Å². The van der Waals surface area contributed by atoms with Crippen LogP contribution in [0.25, 0.3) is 0 Å². The quantitative estimate of drug-likeness (QED) is 0.242. The van der Waals surface area contributed by atoms with Gasteiger partial charge in [0.25, 0.3) is 11.3 Å². The number of hydrogen-bond donors (Lipinski definition) is 2. The summed E-state index contributed by atoms with van der Waals surface area (Å²) in [5, 5.41) is 35.0. The summed E-state index contributed by atoms with van der Waals surface area (Å²) in [5.41, 5.74) is -5.86. The molecule has 178 valence electrons. The minimum absolute atomic E-state index is 0.239. The monoisotopic (exact) mass is 480 g/mol. The molecule has 0 aromatic heterocycles. The third-order valence-electron chi connectivity index (χ3n) is 4.37. The van der Waals surface area contributed by atoms with E-state index >= 15 is 0 Å². The van der Waals surface area contributed by atoms with Crippen molar-refractivity contribution in [1.29, 1.82) is 0 Å². The number of nitrogens with one attached hydrogen (secondary N) is 1. The summed E-state index contributed by atoms with van der Waals surface area (Å²) in [4.78, 5) is 20.0. The molecule has 0 amide bonds. The highest BCUT2D eigenvalue weighted by molar-refractivity contribution is 5.88. The Bertz CT molecular complexity index is 1040. The fraction of sp³-hybridized carbons (Fsp3) is 0.278. The van der Waals surface area contributed by atoms with E-state index in [1.807, 2.05) is 5.43 Å². The van der Waals surface area contributed by atoms with E-state index in [1.54, 1.807) is 6.07 Å². The van der Waals surface area contributed by atoms with Crippen LogP contribution in [0.3, 0.4) is 0 Å². The molecule has 0 unspecified atom stereocenters. The van der Waals surface area contributed by atoms with Gasteiger partial charge in [0.1, 0.15) is 5.69 Å². The molecule has 0 saturated carbocycles. The number of nitrogens with zero attached hydrogens (tertiary/aromatic N) is 3. The van der Waals surface area contributed by atoms with Gasteiger partial charge >= 0.3 is 18.0 Å². The van der Waals surface area contributed by atoms with Crippen molar-refractivity contribution >= 4 is 22.8 Å². The molecule has 0 radical (unpaired) electrons. The SMILES string of the molecule is O=[N+]([O-])c1ccc(N/N=C(/Cc2ccccc2)CC(O)(C(F)(F)F)C(F)(F)F)c([N+](=O)[O-])c1. The molecule has 0 atom stereocenters. The number of benzene rings is 2. The first-order valence-electron chi connectivity index (χ1n) is 8.80. The number of halogens is 6. The van der Waals surface area contributed by atoms with Crippen molar-refractivity contribution in [3.63, 3.8) is 0 Å². The fourth-order valence-corrected chi connectivity index (χ4v) is 2.65. The Morgan fingerprint density at radius 3 is 2.00 bits per heavy atom. The molecule has 2 aromatic rings. The van der Waals surface area contributed by atoms with Crippen LogP contribution in [0, 0.1) is 20.2 Å². The number of aliphatic hydroxyl groups is 1. The van der Waals surface area contributed by atoms with Gasteiger partial charge in [-0.05, 0) is 11.6 Å². The Morgan fingerprint density at radius 2 is 1.52 bits per heavy atom. The van der Waals surface area contributed by atoms with Gasteiger partial charge in [-0.25, -0.2) is 0 Å². The minimum Gasteiger partial charge on any atom is -0.373 e. The molecular weight excluding hydrogens is 466 g/mol. The molecule has 0 saturated heterocycles. The van der Waals surface area contributed by atoms with Gasteiger partial charge < -0.3 is 5.11 Å². The number of alkyl halides is 6. The van der Waals surface area contributed by atoms with Crippen LogP contribution >= 0.6 is 0 Å². The fourth-order valence-electron chi connectivity index (χ4n) is 2.65. The smallest absolute Gasteiger partial charge is 0.373 e. The predicted octanol–water partition coefficient (Wildman–Crippen LogP) is 4.76. The van der Waals surface area contributed by atoms with E-state index in [0.717, 1.165) is 12.1 Å². The van der Waals surface area contributed by atoms with Gasteiger partial charge in [-0.15, -0.1) is 0 Å². The zero-order valence-electron chi connectivity index (χ0n) is 16.2. The number of hydrogen-bond acceptors (Lipinski definition) is 7. The van der Waals surface area contributed by atoms with Gasteiger partial charge in [0.15, 0.2) is 0 Å². The van der Waals surface area contributed by atoms with Crippen molar-refractivity contribution in [2.24, 2.45) is 5.10 Å². The number of non-ortho nitro benzene ring substituents is 1. The molecular formula is C18H14F6N4O5. The van der Waals surface area contributed by atoms with Crippen LogP contribution < -0.4 is 5.43 Å². The van der Waals surface area contributed by atoms with Crippen LogP contribution in [-0.2, 0) is 6.42 Å². The van der Waals surface area contributed by atoms with Crippen LogP contribution in [0.1, 0.15) is 12.0 Å². The highest BCUT2D eigenvalue weighted by atomic mass is 19.4. The molecule has 9 nitrogen and oxygen atoms in total. The number of nitro benzene ring substituents is 2. The molecule has 15 heteroatoms. The maximum Gasteiger partial charge on any atom is 0.426 e. The van der Waals surface area contributed by atoms with Crippen molar-refractivity contribution in [2.45, 2.75) is 30.8 Å². The Kier molecular flexibility index (Phi) is 7.26. The van der Waals surface area contributed by atoms with Gasteiger partial charge in [0.05, 0.1) is 15.9 Å². The molecule has 0 aliphatic carbocycles. The maximum absolute atomic E-state index is 13.2. The van der Waals surface area contributed by atoms with E-state index in [4.69, 9.17) is 0 Å². The second kappa shape index (κ2) is 9.40. The van der Waals surface area contributed by atoms with E-state index in [0.29, 0.717) is 6.07 Å². The standard InChI is InChI=1S/C18H14F6N4O5/c19-17(20,21)16(29,18(22,23)24)10-12(8-11-4-2-1-3-5-11)25-26-14-7-6-13(27(30)31)9-15(14)28(32)33/h1-7,9,26,29H,8,10H2/b25-12-. The minimum atomic E-state index is -6.11. The Balaban J connectivity index is 2.51. The van der Waals surface area contributed by atoms with Crippen molar-refractivity contribution in [3.05, 3.63) is 74.3 Å². The molecule has 2 N–H and O–H groups in total.